The van der Waals surface area contributed by atoms with Gasteiger partial charge >= 0.3 is 17.9 Å². The Morgan fingerprint density at radius 1 is 0.912 bits per heavy atom. The monoisotopic (exact) mass is 472 g/mol. The summed E-state index contributed by atoms with van der Waals surface area (Å²) < 4.78 is 9.71. The molecule has 0 atom stereocenters. The Morgan fingerprint density at radius 2 is 1.44 bits per heavy atom. The largest absolute Gasteiger partial charge is 0.478 e. The zero-order valence-corrected chi connectivity index (χ0v) is 20.7. The fraction of sp³-hybridized carbons (Fsp3) is 0.393. The normalized spacial score (nSPS) is 9.12. The van der Waals surface area contributed by atoms with Gasteiger partial charge in [0, 0.05) is 17.7 Å². The first kappa shape index (κ1) is 32.8. The van der Waals surface area contributed by atoms with Crippen LogP contribution in [0.4, 0.5) is 0 Å². The van der Waals surface area contributed by atoms with Gasteiger partial charge in [-0.15, -0.1) is 0 Å². The molecule has 0 saturated heterocycles. The second-order valence-electron chi connectivity index (χ2n) is 7.31. The van der Waals surface area contributed by atoms with E-state index >= 15 is 0 Å². The van der Waals surface area contributed by atoms with E-state index in [0.717, 1.165) is 24.5 Å². The van der Waals surface area contributed by atoms with Gasteiger partial charge in [-0.05, 0) is 31.4 Å². The van der Waals surface area contributed by atoms with Gasteiger partial charge in [0.25, 0.3) is 0 Å². The zero-order valence-electron chi connectivity index (χ0n) is 20.7. The lowest BCUT2D eigenvalue weighted by atomic mass is 10.0. The maximum atomic E-state index is 11.3. The maximum Gasteiger partial charge on any atom is 0.335 e. The Bertz CT molecular complexity index is 767. The van der Waals surface area contributed by atoms with Gasteiger partial charge in [-0.3, -0.25) is 0 Å². The number of ether oxygens (including phenoxy) is 2. The van der Waals surface area contributed by atoms with Crippen LogP contribution in [0.3, 0.4) is 0 Å². The van der Waals surface area contributed by atoms with Crippen LogP contribution in [0.2, 0.25) is 0 Å². The average molecular weight is 473 g/mol. The van der Waals surface area contributed by atoms with Gasteiger partial charge in [0.2, 0.25) is 0 Å². The molecule has 34 heavy (non-hydrogen) atoms. The smallest absolute Gasteiger partial charge is 0.335 e. The molecule has 1 aromatic rings. The number of aliphatic carboxylic acids is 1. The van der Waals surface area contributed by atoms with Gasteiger partial charge in [-0.2, -0.15) is 0 Å². The first-order valence-electron chi connectivity index (χ1n) is 11.4. The zero-order chi connectivity index (χ0) is 26.2. The van der Waals surface area contributed by atoms with Crippen molar-refractivity contribution in [3.63, 3.8) is 0 Å². The van der Waals surface area contributed by atoms with Crippen molar-refractivity contribution in [2.75, 3.05) is 6.61 Å². The number of esters is 2. The lowest BCUT2D eigenvalue weighted by molar-refractivity contribution is -0.136. The number of benzene rings is 1. The Labute approximate surface area is 204 Å². The van der Waals surface area contributed by atoms with E-state index in [9.17, 15) is 14.4 Å². The number of para-hydroxylation sites is 1. The van der Waals surface area contributed by atoms with E-state index in [1.807, 2.05) is 24.3 Å². The molecule has 1 aromatic carbocycles. The fourth-order valence-electron chi connectivity index (χ4n) is 2.43. The van der Waals surface area contributed by atoms with Crippen LogP contribution in [0.15, 0.2) is 74.4 Å². The molecule has 0 bridgehead atoms. The van der Waals surface area contributed by atoms with Crippen LogP contribution in [0.1, 0.15) is 64.4 Å². The van der Waals surface area contributed by atoms with Crippen LogP contribution in [-0.2, 0) is 25.5 Å². The molecule has 0 aliphatic heterocycles. The number of hydrogen-bond acceptors (Lipinski definition) is 5. The summed E-state index contributed by atoms with van der Waals surface area (Å²) in [6, 6.07) is 7.75. The minimum absolute atomic E-state index is 0.176. The molecule has 0 radical (unpaired) electrons. The van der Waals surface area contributed by atoms with Crippen molar-refractivity contribution in [3.05, 3.63) is 79.9 Å². The highest BCUT2D eigenvalue weighted by Crippen LogP contribution is 2.21. The molecule has 6 nitrogen and oxygen atoms in total. The number of hydrogen-bond donors (Lipinski definition) is 1. The Balaban J connectivity index is 0. The average Bonchev–Trinajstić information content (AvgIpc) is 2.83. The molecule has 0 aliphatic carbocycles. The van der Waals surface area contributed by atoms with Gasteiger partial charge in [0.1, 0.15) is 12.4 Å². The fourth-order valence-corrected chi connectivity index (χ4v) is 2.43. The molecular formula is C28H40O6. The quantitative estimate of drug-likeness (QED) is 0.108. The molecule has 0 unspecified atom stereocenters. The molecule has 0 spiro atoms. The molecular weight excluding hydrogens is 432 g/mol. The first-order chi connectivity index (χ1) is 16.2. The molecule has 1 rings (SSSR count). The summed E-state index contributed by atoms with van der Waals surface area (Å²) in [5.74, 6) is -1.07. The maximum absolute atomic E-state index is 11.3. The summed E-state index contributed by atoms with van der Waals surface area (Å²) >= 11 is 0. The number of carboxylic acid groups (broad SMARTS) is 1. The SMILES string of the molecule is C=C(C)C(=O)O.C=CC(=O)Oc1ccccc1CCCCCCCCC.C=CCOC(=O)C=C. The van der Waals surface area contributed by atoms with E-state index in [2.05, 4.69) is 38.0 Å². The second kappa shape index (κ2) is 22.8. The van der Waals surface area contributed by atoms with Crippen molar-refractivity contribution in [2.45, 2.75) is 65.2 Å². The van der Waals surface area contributed by atoms with Crippen LogP contribution in [0.5, 0.6) is 5.75 Å². The summed E-state index contributed by atoms with van der Waals surface area (Å²) in [4.78, 5) is 31.1. The van der Waals surface area contributed by atoms with E-state index in [1.54, 1.807) is 0 Å². The van der Waals surface area contributed by atoms with Gasteiger partial charge in [0.15, 0.2) is 0 Å². The van der Waals surface area contributed by atoms with Gasteiger partial charge in [-0.1, -0.05) is 96.0 Å². The van der Waals surface area contributed by atoms with Gasteiger partial charge in [-0.25, -0.2) is 14.4 Å². The highest BCUT2D eigenvalue weighted by Gasteiger charge is 2.05. The van der Waals surface area contributed by atoms with E-state index < -0.39 is 17.9 Å². The predicted molar refractivity (Wildman–Crippen MR) is 138 cm³/mol. The summed E-state index contributed by atoms with van der Waals surface area (Å²) in [5, 5.41) is 7.89. The Hall–Kier alpha value is -3.41. The molecule has 0 aliphatic rings. The first-order valence-corrected chi connectivity index (χ1v) is 11.4. The van der Waals surface area contributed by atoms with Gasteiger partial charge in [0.05, 0.1) is 0 Å². The lowest BCUT2D eigenvalue weighted by Crippen LogP contribution is -2.05. The van der Waals surface area contributed by atoms with E-state index in [-0.39, 0.29) is 12.2 Å². The van der Waals surface area contributed by atoms with E-state index in [0.29, 0.717) is 5.75 Å². The molecule has 0 saturated carbocycles. The molecule has 0 heterocycles. The third kappa shape index (κ3) is 20.5. The summed E-state index contributed by atoms with van der Waals surface area (Å²) in [6.07, 6.45) is 13.8. The van der Waals surface area contributed by atoms with Crippen molar-refractivity contribution in [2.24, 2.45) is 0 Å². The van der Waals surface area contributed by atoms with E-state index in [4.69, 9.17) is 9.84 Å². The molecule has 0 aromatic heterocycles. The summed E-state index contributed by atoms with van der Waals surface area (Å²) in [5.41, 5.74) is 1.28. The lowest BCUT2D eigenvalue weighted by Gasteiger charge is -2.08. The topological polar surface area (TPSA) is 89.9 Å². The number of rotatable bonds is 14. The highest BCUT2D eigenvalue weighted by molar-refractivity contribution is 5.85. The number of carboxylic acids is 1. The van der Waals surface area contributed by atoms with Crippen molar-refractivity contribution < 1.29 is 29.0 Å². The van der Waals surface area contributed by atoms with E-state index in [1.165, 1.54) is 57.6 Å². The third-order valence-corrected chi connectivity index (χ3v) is 4.27. The predicted octanol–water partition coefficient (Wildman–Crippen LogP) is 6.62. The summed E-state index contributed by atoms with van der Waals surface area (Å²) in [6.45, 7) is 17.1. The third-order valence-electron chi connectivity index (χ3n) is 4.27. The van der Waals surface area contributed by atoms with Crippen LogP contribution >= 0.6 is 0 Å². The summed E-state index contributed by atoms with van der Waals surface area (Å²) in [7, 11) is 0. The molecule has 0 fully saturated rings. The van der Waals surface area contributed by atoms with Crippen LogP contribution in [0, 0.1) is 0 Å². The van der Waals surface area contributed by atoms with Crippen molar-refractivity contribution in [1.29, 1.82) is 0 Å². The van der Waals surface area contributed by atoms with Crippen molar-refractivity contribution in [3.8, 4) is 5.75 Å². The second-order valence-corrected chi connectivity index (χ2v) is 7.31. The standard InChI is InChI=1S/C18H26O2.C6H8O2.C4H6O2/c1-3-5-6-7-8-9-10-13-16-14-11-12-15-17(16)20-18(19)4-2;1-3-5-8-6(7)4-2;1-3(2)4(5)6/h4,11-12,14-15H,2-3,5-10,13H2,1H3;3-4H,1-2,5H2;1H2,2H3,(H,5,6). The number of aryl methyl sites for hydroxylation is 1. The number of carbonyl (C=O) groups excluding carboxylic acids is 2. The molecule has 0 amide bonds. The number of unbranched alkanes of at least 4 members (excludes halogenated alkanes) is 6. The van der Waals surface area contributed by atoms with Crippen molar-refractivity contribution in [1.82, 2.24) is 0 Å². The van der Waals surface area contributed by atoms with Crippen LogP contribution in [0.25, 0.3) is 0 Å². The Kier molecular flexibility index (Phi) is 21.9. The molecule has 6 heteroatoms. The molecule has 188 valence electrons. The van der Waals surface area contributed by atoms with Crippen LogP contribution in [-0.4, -0.2) is 29.6 Å². The number of carbonyl (C=O) groups is 3. The minimum atomic E-state index is -0.935. The Morgan fingerprint density at radius 3 is 1.94 bits per heavy atom. The van der Waals surface area contributed by atoms with Gasteiger partial charge < -0.3 is 14.6 Å². The highest BCUT2D eigenvalue weighted by atomic mass is 16.5. The van der Waals surface area contributed by atoms with Crippen LogP contribution < -0.4 is 4.74 Å². The van der Waals surface area contributed by atoms with Crippen molar-refractivity contribution >= 4 is 17.9 Å². The minimum Gasteiger partial charge on any atom is -0.478 e. The molecule has 1 N–H and O–H groups in total.